The fourth-order valence-corrected chi connectivity index (χ4v) is 5.58. The number of hydrogen-bond donors (Lipinski definition) is 1. The first-order chi connectivity index (χ1) is 17.1. The lowest BCUT2D eigenvalue weighted by Crippen LogP contribution is -2.32. The highest BCUT2D eigenvalue weighted by Crippen LogP contribution is 2.48. The van der Waals surface area contributed by atoms with Gasteiger partial charge in [-0.15, -0.1) is 23.2 Å². The smallest absolute Gasteiger partial charge is 0.339 e. The molecule has 1 aliphatic carbocycles. The monoisotopic (exact) mass is 480 g/mol. The van der Waals surface area contributed by atoms with E-state index in [1.54, 1.807) is 11.3 Å². The van der Waals surface area contributed by atoms with Gasteiger partial charge in [-0.1, -0.05) is 66.7 Å². The molecule has 0 radical (unpaired) electrons. The number of carbonyl (C=O) groups excluding carboxylic acids is 1. The molecule has 0 bridgehead atoms. The first-order valence-electron chi connectivity index (χ1n) is 12.1. The predicted octanol–water partition coefficient (Wildman–Crippen LogP) is 6.50. The van der Waals surface area contributed by atoms with Crippen molar-refractivity contribution in [1.29, 1.82) is 0 Å². The molecule has 1 aliphatic heterocycles. The average molecular weight is 481 g/mol. The van der Waals surface area contributed by atoms with Crippen LogP contribution in [0.1, 0.15) is 48.1 Å². The highest BCUT2D eigenvalue weighted by atomic mass is 32.1. The van der Waals surface area contributed by atoms with Gasteiger partial charge in [-0.25, -0.2) is 4.79 Å². The molecule has 1 atom stereocenters. The molecular formula is C31H28O3S. The van der Waals surface area contributed by atoms with Gasteiger partial charge in [0.2, 0.25) is 0 Å². The van der Waals surface area contributed by atoms with E-state index in [1.807, 2.05) is 53.9 Å². The predicted molar refractivity (Wildman–Crippen MR) is 140 cm³/mol. The molecule has 0 saturated carbocycles. The molecule has 176 valence electrons. The van der Waals surface area contributed by atoms with Gasteiger partial charge in [-0.3, -0.25) is 0 Å². The molecule has 0 amide bonds. The molecule has 0 spiro atoms. The Kier molecular flexibility index (Phi) is 6.99. The van der Waals surface area contributed by atoms with Crippen LogP contribution in [0.4, 0.5) is 0 Å². The third-order valence-corrected chi connectivity index (χ3v) is 7.54. The van der Waals surface area contributed by atoms with Gasteiger partial charge in [0.15, 0.2) is 0 Å². The van der Waals surface area contributed by atoms with Gasteiger partial charge in [0.05, 0.1) is 5.60 Å². The van der Waals surface area contributed by atoms with Crippen LogP contribution in [0.15, 0.2) is 95.1 Å². The number of carbonyl (C=O) groups is 1. The molecule has 1 aromatic heterocycles. The summed E-state index contributed by atoms with van der Waals surface area (Å²) in [5.74, 6) is 6.85. The fourth-order valence-electron chi connectivity index (χ4n) is 4.82. The highest BCUT2D eigenvalue weighted by Gasteiger charge is 2.43. The number of aliphatic hydroxyl groups is 1. The minimum absolute atomic E-state index is 0.279. The Morgan fingerprint density at radius 1 is 0.829 bits per heavy atom. The topological polar surface area (TPSA) is 46.5 Å². The number of thiophene rings is 1. The van der Waals surface area contributed by atoms with Crippen LogP contribution in [0.5, 0.6) is 0 Å². The Bertz CT molecular complexity index is 1310. The average Bonchev–Trinajstić information content (AvgIpc) is 3.51. The molecule has 5 rings (SSSR count). The Labute approximate surface area is 210 Å². The number of ether oxygens (including phenoxy) is 1. The first-order valence-corrected chi connectivity index (χ1v) is 13.0. The molecule has 2 heterocycles. The lowest BCUT2D eigenvalue weighted by molar-refractivity contribution is -0.133. The zero-order valence-corrected chi connectivity index (χ0v) is 20.4. The minimum atomic E-state index is -1.02. The summed E-state index contributed by atoms with van der Waals surface area (Å²) in [6, 6.07) is 24.5. The van der Waals surface area contributed by atoms with Crippen molar-refractivity contribution >= 4 is 22.9 Å². The number of allylic oxidation sites excluding steroid dienone is 1. The quantitative estimate of drug-likeness (QED) is 0.310. The summed E-state index contributed by atoms with van der Waals surface area (Å²) in [6.45, 7) is 0. The van der Waals surface area contributed by atoms with Crippen molar-refractivity contribution in [1.82, 2.24) is 0 Å². The maximum absolute atomic E-state index is 12.9. The summed E-state index contributed by atoms with van der Waals surface area (Å²) in [5.41, 5.74) is 3.88. The fraction of sp³-hybridized carbons (Fsp3) is 0.258. The van der Waals surface area contributed by atoms with Crippen LogP contribution in [0.25, 0.3) is 5.57 Å². The Hall–Kier alpha value is -3.39. The second kappa shape index (κ2) is 10.5. The summed E-state index contributed by atoms with van der Waals surface area (Å²) in [4.78, 5) is 13.9. The van der Waals surface area contributed by atoms with Crippen molar-refractivity contribution in [2.24, 2.45) is 0 Å². The van der Waals surface area contributed by atoms with Gasteiger partial charge in [-0.2, -0.15) is 0 Å². The van der Waals surface area contributed by atoms with E-state index in [2.05, 4.69) is 36.1 Å². The zero-order chi connectivity index (χ0) is 24.1. The normalized spacial score (nSPS) is 19.3. The van der Waals surface area contributed by atoms with Crippen LogP contribution in [-0.4, -0.2) is 16.7 Å². The highest BCUT2D eigenvalue weighted by molar-refractivity contribution is 7.11. The van der Waals surface area contributed by atoms with Crippen LogP contribution >= 0.6 is 11.3 Å². The summed E-state index contributed by atoms with van der Waals surface area (Å²) < 4.78 is 5.81. The maximum atomic E-state index is 12.9. The summed E-state index contributed by atoms with van der Waals surface area (Å²) in [5, 5.41) is 13.7. The third-order valence-electron chi connectivity index (χ3n) is 6.61. The van der Waals surface area contributed by atoms with Crippen LogP contribution < -0.4 is 0 Å². The van der Waals surface area contributed by atoms with Crippen molar-refractivity contribution in [3.63, 3.8) is 0 Å². The van der Waals surface area contributed by atoms with E-state index in [1.165, 1.54) is 11.1 Å². The molecule has 0 fully saturated rings. The van der Waals surface area contributed by atoms with Crippen LogP contribution in [-0.2, 0) is 22.4 Å². The van der Waals surface area contributed by atoms with Crippen molar-refractivity contribution in [3.05, 3.63) is 111 Å². The molecule has 2 aromatic carbocycles. The number of benzene rings is 2. The van der Waals surface area contributed by atoms with Gasteiger partial charge in [0, 0.05) is 47.3 Å². The first kappa shape index (κ1) is 23.4. The molecule has 3 nitrogen and oxygen atoms in total. The van der Waals surface area contributed by atoms with Crippen LogP contribution in [0, 0.1) is 11.8 Å². The Morgan fingerprint density at radius 3 is 2.20 bits per heavy atom. The molecular weight excluding hydrogens is 452 g/mol. The number of fused-ring (bicyclic) bond motifs is 1. The number of hydrogen-bond acceptors (Lipinski definition) is 4. The lowest BCUT2D eigenvalue weighted by atomic mass is 9.77. The molecule has 3 aromatic rings. The molecule has 35 heavy (non-hydrogen) atoms. The SMILES string of the molecule is O=C1OC2=C(c3cccs3)CC(O)(CC#CCCc3ccccc3)CC2=C1CCc1ccccc1. The van der Waals surface area contributed by atoms with Crippen molar-refractivity contribution in [2.75, 3.05) is 0 Å². The second-order valence-corrected chi connectivity index (χ2v) is 10.2. The number of aryl methyl sites for hydroxylation is 2. The lowest BCUT2D eigenvalue weighted by Gasteiger charge is -2.33. The maximum Gasteiger partial charge on any atom is 0.339 e. The van der Waals surface area contributed by atoms with Gasteiger partial charge >= 0.3 is 5.97 Å². The minimum Gasteiger partial charge on any atom is -0.422 e. The van der Waals surface area contributed by atoms with E-state index >= 15 is 0 Å². The Morgan fingerprint density at radius 2 is 1.51 bits per heavy atom. The van der Waals surface area contributed by atoms with E-state index in [9.17, 15) is 9.90 Å². The van der Waals surface area contributed by atoms with Crippen LogP contribution in [0.2, 0.25) is 0 Å². The summed E-state index contributed by atoms with van der Waals surface area (Å²) in [7, 11) is 0. The summed E-state index contributed by atoms with van der Waals surface area (Å²) >= 11 is 1.60. The third kappa shape index (κ3) is 5.48. The van der Waals surface area contributed by atoms with Gasteiger partial charge < -0.3 is 9.84 Å². The van der Waals surface area contributed by atoms with E-state index in [0.29, 0.717) is 37.0 Å². The standard InChI is InChI=1S/C31H28O3S/c32-30-25(18-17-24-14-6-2-7-15-24)26-21-31(33,19-9-3-8-13-23-11-4-1-5-12-23)22-27(29(26)34-30)28-16-10-20-35-28/h1-2,4-7,10-12,14-16,20,33H,8,13,17-19,21-22H2. The molecule has 1 unspecified atom stereocenters. The van der Waals surface area contributed by atoms with Gasteiger partial charge in [0.25, 0.3) is 0 Å². The molecule has 0 saturated heterocycles. The van der Waals surface area contributed by atoms with E-state index in [4.69, 9.17) is 4.74 Å². The van der Waals surface area contributed by atoms with Crippen LogP contribution in [0.3, 0.4) is 0 Å². The molecule has 1 N–H and O–H groups in total. The molecule has 4 heteroatoms. The largest absolute Gasteiger partial charge is 0.422 e. The molecule has 2 aliphatic rings. The van der Waals surface area contributed by atoms with Crippen molar-refractivity contribution in [2.45, 2.75) is 50.5 Å². The Balaban J connectivity index is 1.37. The zero-order valence-electron chi connectivity index (χ0n) is 19.6. The van der Waals surface area contributed by atoms with E-state index in [0.717, 1.165) is 35.3 Å². The van der Waals surface area contributed by atoms with Gasteiger partial charge in [0.1, 0.15) is 5.76 Å². The van der Waals surface area contributed by atoms with Gasteiger partial charge in [-0.05, 0) is 41.8 Å². The number of esters is 1. The van der Waals surface area contributed by atoms with E-state index < -0.39 is 5.60 Å². The second-order valence-electron chi connectivity index (χ2n) is 9.21. The summed E-state index contributed by atoms with van der Waals surface area (Å²) in [6.07, 6.45) is 4.19. The van der Waals surface area contributed by atoms with Crippen molar-refractivity contribution < 1.29 is 14.6 Å². The van der Waals surface area contributed by atoms with Crippen molar-refractivity contribution in [3.8, 4) is 11.8 Å². The van der Waals surface area contributed by atoms with E-state index in [-0.39, 0.29) is 5.97 Å². The number of rotatable bonds is 7.